The molecule has 1 saturated heterocycles. The van der Waals surface area contributed by atoms with Crippen molar-refractivity contribution in [1.82, 2.24) is 4.90 Å². The first kappa shape index (κ1) is 10.3. The molecule has 0 aromatic heterocycles. The molecule has 0 aromatic rings. The van der Waals surface area contributed by atoms with E-state index in [9.17, 15) is 0 Å². The molecule has 0 aromatic carbocycles. The highest BCUT2D eigenvalue weighted by Crippen LogP contribution is 2.23. The molecule has 0 unspecified atom stereocenters. The fraction of sp³-hybridized carbons (Fsp3) is 0.500. The summed E-state index contributed by atoms with van der Waals surface area (Å²) >= 11 is 0. The number of hydrogen-bond donors (Lipinski definition) is 0. The van der Waals surface area contributed by atoms with E-state index < -0.39 is 0 Å². The highest BCUT2D eigenvalue weighted by molar-refractivity contribution is 5.21. The molecule has 1 aliphatic heterocycles. The lowest BCUT2D eigenvalue weighted by molar-refractivity contribution is 0.240. The minimum Gasteiger partial charge on any atom is -0.306 e. The van der Waals surface area contributed by atoms with Crippen LogP contribution >= 0.6 is 0 Å². The van der Waals surface area contributed by atoms with Gasteiger partial charge in [0.25, 0.3) is 0 Å². The Bertz CT molecular complexity index is 207. The van der Waals surface area contributed by atoms with Crippen molar-refractivity contribution in [3.63, 3.8) is 0 Å². The molecule has 0 atom stereocenters. The first-order valence-corrected chi connectivity index (χ1v) is 4.90. The number of likely N-dealkylation sites (tertiary alicyclic amines) is 1. The SMILES string of the molecule is C=C/C=C\C(=C)C1CCN(C)CC1. The zero-order valence-corrected chi connectivity index (χ0v) is 8.50. The summed E-state index contributed by atoms with van der Waals surface area (Å²) < 4.78 is 0. The zero-order valence-electron chi connectivity index (χ0n) is 8.50. The monoisotopic (exact) mass is 177 g/mol. The molecule has 13 heavy (non-hydrogen) atoms. The quantitative estimate of drug-likeness (QED) is 0.599. The van der Waals surface area contributed by atoms with Crippen LogP contribution in [-0.4, -0.2) is 25.0 Å². The van der Waals surface area contributed by atoms with Crippen LogP contribution in [0.25, 0.3) is 0 Å². The molecule has 1 heteroatoms. The molecule has 0 spiro atoms. The van der Waals surface area contributed by atoms with Gasteiger partial charge in [0.2, 0.25) is 0 Å². The van der Waals surface area contributed by atoms with Gasteiger partial charge in [-0.05, 0) is 38.9 Å². The van der Waals surface area contributed by atoms with E-state index in [1.807, 2.05) is 6.08 Å². The minimum atomic E-state index is 0.687. The van der Waals surface area contributed by atoms with E-state index in [2.05, 4.69) is 31.2 Å². The van der Waals surface area contributed by atoms with E-state index in [1.54, 1.807) is 6.08 Å². The van der Waals surface area contributed by atoms with Crippen LogP contribution in [0.15, 0.2) is 37.0 Å². The molecule has 0 radical (unpaired) electrons. The summed E-state index contributed by atoms with van der Waals surface area (Å²) in [6, 6.07) is 0. The Hall–Kier alpha value is -0.820. The zero-order chi connectivity index (χ0) is 9.68. The van der Waals surface area contributed by atoms with Crippen molar-refractivity contribution in [2.45, 2.75) is 12.8 Å². The predicted octanol–water partition coefficient (Wildman–Crippen LogP) is 2.63. The molecule has 0 bridgehead atoms. The number of hydrogen-bond acceptors (Lipinski definition) is 1. The average molecular weight is 177 g/mol. The molecule has 0 saturated carbocycles. The number of rotatable bonds is 3. The van der Waals surface area contributed by atoms with E-state index in [4.69, 9.17) is 0 Å². The van der Waals surface area contributed by atoms with E-state index >= 15 is 0 Å². The maximum Gasteiger partial charge on any atom is -0.00160 e. The van der Waals surface area contributed by atoms with Crippen LogP contribution in [0, 0.1) is 5.92 Å². The summed E-state index contributed by atoms with van der Waals surface area (Å²) in [4.78, 5) is 2.38. The number of nitrogens with zero attached hydrogens (tertiary/aromatic N) is 1. The lowest BCUT2D eigenvalue weighted by Gasteiger charge is -2.29. The Balaban J connectivity index is 2.40. The highest BCUT2D eigenvalue weighted by atomic mass is 15.1. The third-order valence-electron chi connectivity index (χ3n) is 2.69. The maximum atomic E-state index is 4.09. The van der Waals surface area contributed by atoms with Crippen LogP contribution < -0.4 is 0 Å². The fourth-order valence-electron chi connectivity index (χ4n) is 1.71. The van der Waals surface area contributed by atoms with Crippen molar-refractivity contribution >= 4 is 0 Å². The van der Waals surface area contributed by atoms with Crippen LogP contribution in [0.5, 0.6) is 0 Å². The Morgan fingerprint density at radius 1 is 1.38 bits per heavy atom. The van der Waals surface area contributed by atoms with Crippen LogP contribution in [0.4, 0.5) is 0 Å². The second-order valence-corrected chi connectivity index (χ2v) is 3.75. The van der Waals surface area contributed by atoms with Gasteiger partial charge in [-0.25, -0.2) is 0 Å². The van der Waals surface area contributed by atoms with E-state index in [-0.39, 0.29) is 0 Å². The van der Waals surface area contributed by atoms with Crippen LogP contribution in [0.1, 0.15) is 12.8 Å². The lowest BCUT2D eigenvalue weighted by atomic mass is 9.90. The molecule has 0 amide bonds. The van der Waals surface area contributed by atoms with Crippen molar-refractivity contribution in [3.05, 3.63) is 37.0 Å². The summed E-state index contributed by atoms with van der Waals surface area (Å²) in [5.41, 5.74) is 1.26. The number of piperidine rings is 1. The molecule has 1 aliphatic rings. The van der Waals surface area contributed by atoms with Gasteiger partial charge in [-0.1, -0.05) is 37.0 Å². The van der Waals surface area contributed by atoms with Gasteiger partial charge in [-0.2, -0.15) is 0 Å². The van der Waals surface area contributed by atoms with Crippen molar-refractivity contribution < 1.29 is 0 Å². The van der Waals surface area contributed by atoms with Crippen molar-refractivity contribution in [3.8, 4) is 0 Å². The average Bonchev–Trinajstić information content (AvgIpc) is 2.15. The van der Waals surface area contributed by atoms with Crippen LogP contribution in [-0.2, 0) is 0 Å². The number of allylic oxidation sites excluding steroid dienone is 4. The second kappa shape index (κ2) is 5.03. The predicted molar refractivity (Wildman–Crippen MR) is 58.7 cm³/mol. The topological polar surface area (TPSA) is 3.24 Å². The first-order valence-electron chi connectivity index (χ1n) is 4.90. The minimum absolute atomic E-state index is 0.687. The first-order chi connectivity index (χ1) is 6.24. The molecule has 1 heterocycles. The van der Waals surface area contributed by atoms with E-state index in [1.165, 1.54) is 31.5 Å². The smallest absolute Gasteiger partial charge is 0.00160 e. The van der Waals surface area contributed by atoms with E-state index in [0.717, 1.165) is 0 Å². The molecular weight excluding hydrogens is 158 g/mol. The molecule has 1 fully saturated rings. The maximum absolute atomic E-state index is 4.09. The van der Waals surface area contributed by atoms with Crippen LogP contribution in [0.3, 0.4) is 0 Å². The summed E-state index contributed by atoms with van der Waals surface area (Å²) in [7, 11) is 2.18. The van der Waals surface area contributed by atoms with Gasteiger partial charge in [0.05, 0.1) is 0 Å². The largest absolute Gasteiger partial charge is 0.306 e. The Morgan fingerprint density at radius 2 is 2.00 bits per heavy atom. The molecule has 0 aliphatic carbocycles. The Labute approximate surface area is 81.4 Å². The standard InChI is InChI=1S/C12H19N/c1-4-5-6-11(2)12-7-9-13(3)10-8-12/h4-6,12H,1-2,7-10H2,3H3/b6-5-. The molecule has 0 N–H and O–H groups in total. The van der Waals surface area contributed by atoms with Gasteiger partial charge < -0.3 is 4.90 Å². The van der Waals surface area contributed by atoms with Gasteiger partial charge in [-0.3, -0.25) is 0 Å². The van der Waals surface area contributed by atoms with Crippen molar-refractivity contribution in [2.24, 2.45) is 5.92 Å². The summed E-state index contributed by atoms with van der Waals surface area (Å²) in [5.74, 6) is 0.687. The second-order valence-electron chi connectivity index (χ2n) is 3.75. The summed E-state index contributed by atoms with van der Waals surface area (Å²) in [5, 5.41) is 0. The van der Waals surface area contributed by atoms with Gasteiger partial charge >= 0.3 is 0 Å². The molecule has 1 rings (SSSR count). The van der Waals surface area contributed by atoms with Gasteiger partial charge in [0.15, 0.2) is 0 Å². The normalized spacial score (nSPS) is 20.7. The summed E-state index contributed by atoms with van der Waals surface area (Å²) in [6.07, 6.45) is 8.36. The molecular formula is C12H19N. The fourth-order valence-corrected chi connectivity index (χ4v) is 1.71. The Kier molecular flexibility index (Phi) is 3.97. The Morgan fingerprint density at radius 3 is 2.54 bits per heavy atom. The van der Waals surface area contributed by atoms with Crippen molar-refractivity contribution in [1.29, 1.82) is 0 Å². The van der Waals surface area contributed by atoms with Crippen LogP contribution in [0.2, 0.25) is 0 Å². The lowest BCUT2D eigenvalue weighted by Crippen LogP contribution is -2.30. The van der Waals surface area contributed by atoms with Gasteiger partial charge in [0.1, 0.15) is 0 Å². The van der Waals surface area contributed by atoms with Gasteiger partial charge in [-0.15, -0.1) is 0 Å². The third-order valence-corrected chi connectivity index (χ3v) is 2.69. The van der Waals surface area contributed by atoms with Gasteiger partial charge in [0, 0.05) is 0 Å². The highest BCUT2D eigenvalue weighted by Gasteiger charge is 2.17. The third kappa shape index (κ3) is 3.19. The summed E-state index contributed by atoms with van der Waals surface area (Å²) in [6.45, 7) is 10.1. The molecule has 1 nitrogen and oxygen atoms in total. The van der Waals surface area contributed by atoms with Crippen molar-refractivity contribution in [2.75, 3.05) is 20.1 Å². The molecule has 72 valence electrons. The van der Waals surface area contributed by atoms with E-state index in [0.29, 0.717) is 5.92 Å².